The molecule has 2 aromatic carbocycles. The van der Waals surface area contributed by atoms with Gasteiger partial charge in [0.05, 0.1) is 6.10 Å². The highest BCUT2D eigenvalue weighted by Gasteiger charge is 2.15. The van der Waals surface area contributed by atoms with Crippen LogP contribution in [0.25, 0.3) is 0 Å². The normalized spacial score (nSPS) is 12.9. The molecule has 0 bridgehead atoms. The molecule has 0 aromatic heterocycles. The monoisotopic (exact) mass is 329 g/mol. The lowest BCUT2D eigenvalue weighted by Gasteiger charge is -2.23. The first-order valence-electron chi connectivity index (χ1n) is 8.19. The number of aliphatic hydroxyl groups excluding tert-OH is 1. The van der Waals surface area contributed by atoms with E-state index < -0.39 is 6.10 Å². The van der Waals surface area contributed by atoms with Crippen LogP contribution in [0, 0.1) is 6.92 Å². The number of hydrogen-bond donors (Lipinski definition) is 3. The minimum atomic E-state index is -0.636. The summed E-state index contributed by atoms with van der Waals surface area (Å²) >= 11 is 0. The Balaban J connectivity index is 2.03. The van der Waals surface area contributed by atoms with Gasteiger partial charge in [0.2, 0.25) is 0 Å². The summed E-state index contributed by atoms with van der Waals surface area (Å²) in [5, 5.41) is 23.6. The Morgan fingerprint density at radius 2 is 1.75 bits per heavy atom. The molecular formula is C20H27NO3. The Labute approximate surface area is 144 Å². The second-order valence-corrected chi connectivity index (χ2v) is 7.14. The Kier molecular flexibility index (Phi) is 5.86. The van der Waals surface area contributed by atoms with E-state index >= 15 is 0 Å². The molecule has 0 saturated heterocycles. The van der Waals surface area contributed by atoms with E-state index in [-0.39, 0.29) is 17.9 Å². The first-order valence-corrected chi connectivity index (χ1v) is 8.19. The third-order valence-electron chi connectivity index (χ3n) is 3.73. The largest absolute Gasteiger partial charge is 0.508 e. The lowest BCUT2D eigenvalue weighted by Crippen LogP contribution is -2.38. The van der Waals surface area contributed by atoms with Gasteiger partial charge in [-0.1, -0.05) is 23.8 Å². The molecule has 130 valence electrons. The van der Waals surface area contributed by atoms with Crippen LogP contribution in [0.5, 0.6) is 11.5 Å². The predicted molar refractivity (Wildman–Crippen MR) is 96.3 cm³/mol. The number of aliphatic hydroxyl groups is 1. The van der Waals surface area contributed by atoms with Crippen LogP contribution < -0.4 is 10.1 Å². The molecule has 24 heavy (non-hydrogen) atoms. The summed E-state index contributed by atoms with van der Waals surface area (Å²) in [7, 11) is 0. The van der Waals surface area contributed by atoms with Gasteiger partial charge in [-0.3, -0.25) is 0 Å². The predicted octanol–water partition coefficient (Wildman–Crippen LogP) is 3.70. The van der Waals surface area contributed by atoms with Gasteiger partial charge in [-0.05, 0) is 57.5 Å². The zero-order chi connectivity index (χ0) is 17.7. The molecule has 3 N–H and O–H groups in total. The highest BCUT2D eigenvalue weighted by atomic mass is 16.5. The fourth-order valence-corrected chi connectivity index (χ4v) is 2.24. The summed E-state index contributed by atoms with van der Waals surface area (Å²) in [5.41, 5.74) is 2.52. The van der Waals surface area contributed by atoms with Crippen LogP contribution in [0.1, 0.15) is 43.6 Å². The minimum absolute atomic E-state index is 0.0602. The minimum Gasteiger partial charge on any atom is -0.508 e. The number of aryl methyl sites for hydroxylation is 1. The first-order chi connectivity index (χ1) is 11.2. The van der Waals surface area contributed by atoms with Crippen molar-refractivity contribution < 1.29 is 14.9 Å². The van der Waals surface area contributed by atoms with E-state index in [1.165, 1.54) is 5.56 Å². The van der Waals surface area contributed by atoms with Crippen molar-refractivity contribution in [3.63, 3.8) is 0 Å². The molecular weight excluding hydrogens is 302 g/mol. The molecule has 1 atom stereocenters. The summed E-state index contributed by atoms with van der Waals surface area (Å²) < 4.78 is 5.72. The molecule has 2 rings (SSSR count). The quantitative estimate of drug-likeness (QED) is 0.756. The maximum Gasteiger partial charge on any atom is 0.122 e. The molecule has 0 heterocycles. The van der Waals surface area contributed by atoms with Gasteiger partial charge in [0.1, 0.15) is 18.1 Å². The number of β-amino-alcohol motifs (C(OH)–C–C–N with tert-alkyl or cyclic N) is 1. The Hall–Kier alpha value is -2.04. The number of ether oxygens (including phenoxy) is 1. The van der Waals surface area contributed by atoms with E-state index in [9.17, 15) is 10.2 Å². The maximum absolute atomic E-state index is 10.3. The SMILES string of the molecule is Cc1ccc(OCc2cc(C(O)CNC(C)(C)C)ccc2O)cc1. The molecule has 1 unspecified atom stereocenters. The number of hydrogen-bond acceptors (Lipinski definition) is 4. The lowest BCUT2D eigenvalue weighted by molar-refractivity contribution is 0.163. The zero-order valence-corrected chi connectivity index (χ0v) is 14.8. The standard InChI is InChI=1S/C20H27NO3/c1-14-5-8-17(9-6-14)24-13-16-11-15(7-10-18(16)22)19(23)12-21-20(2,3)4/h5-11,19,21-23H,12-13H2,1-4H3. The summed E-state index contributed by atoms with van der Waals surface area (Å²) in [6, 6.07) is 12.9. The van der Waals surface area contributed by atoms with Gasteiger partial charge in [-0.2, -0.15) is 0 Å². The Bertz CT molecular complexity index is 660. The van der Waals surface area contributed by atoms with Gasteiger partial charge in [0.15, 0.2) is 0 Å². The maximum atomic E-state index is 10.3. The molecule has 2 aromatic rings. The second-order valence-electron chi connectivity index (χ2n) is 7.14. The van der Waals surface area contributed by atoms with E-state index in [2.05, 4.69) is 26.1 Å². The highest BCUT2D eigenvalue weighted by molar-refractivity contribution is 5.37. The summed E-state index contributed by atoms with van der Waals surface area (Å²) in [6.45, 7) is 8.88. The van der Waals surface area contributed by atoms with Crippen LogP contribution in [0.4, 0.5) is 0 Å². The van der Waals surface area contributed by atoms with Gasteiger partial charge in [-0.15, -0.1) is 0 Å². The number of rotatable bonds is 6. The smallest absolute Gasteiger partial charge is 0.122 e. The Morgan fingerprint density at radius 1 is 1.08 bits per heavy atom. The number of phenolic OH excluding ortho intramolecular Hbond substituents is 1. The van der Waals surface area contributed by atoms with E-state index in [1.54, 1.807) is 18.2 Å². The van der Waals surface area contributed by atoms with Crippen molar-refractivity contribution in [1.29, 1.82) is 0 Å². The summed E-state index contributed by atoms with van der Waals surface area (Å²) in [5.74, 6) is 0.919. The van der Waals surface area contributed by atoms with Gasteiger partial charge in [0.25, 0.3) is 0 Å². The summed E-state index contributed by atoms with van der Waals surface area (Å²) in [4.78, 5) is 0. The fraction of sp³-hybridized carbons (Fsp3) is 0.400. The van der Waals surface area contributed by atoms with Crippen molar-refractivity contribution in [2.24, 2.45) is 0 Å². The molecule has 0 spiro atoms. The molecule has 0 radical (unpaired) electrons. The topological polar surface area (TPSA) is 61.7 Å². The molecule has 4 nitrogen and oxygen atoms in total. The van der Waals surface area contributed by atoms with Crippen LogP contribution in [-0.4, -0.2) is 22.3 Å². The van der Waals surface area contributed by atoms with Crippen molar-refractivity contribution in [1.82, 2.24) is 5.32 Å². The van der Waals surface area contributed by atoms with E-state index in [4.69, 9.17) is 4.74 Å². The third kappa shape index (κ3) is 5.55. The zero-order valence-electron chi connectivity index (χ0n) is 14.8. The van der Waals surface area contributed by atoms with E-state index in [0.29, 0.717) is 12.1 Å². The number of benzene rings is 2. The number of nitrogens with one attached hydrogen (secondary N) is 1. The van der Waals surface area contributed by atoms with E-state index in [0.717, 1.165) is 11.3 Å². The van der Waals surface area contributed by atoms with Gasteiger partial charge < -0.3 is 20.3 Å². The third-order valence-corrected chi connectivity index (χ3v) is 3.73. The number of aromatic hydroxyl groups is 1. The van der Waals surface area contributed by atoms with Gasteiger partial charge in [-0.25, -0.2) is 0 Å². The van der Waals surface area contributed by atoms with Crippen molar-refractivity contribution in [3.05, 3.63) is 59.2 Å². The molecule has 0 aliphatic heterocycles. The van der Waals surface area contributed by atoms with Crippen LogP contribution in [0.15, 0.2) is 42.5 Å². The average Bonchev–Trinajstić information content (AvgIpc) is 2.52. The van der Waals surface area contributed by atoms with Crippen LogP contribution in [-0.2, 0) is 6.61 Å². The van der Waals surface area contributed by atoms with Crippen LogP contribution in [0.3, 0.4) is 0 Å². The van der Waals surface area contributed by atoms with Gasteiger partial charge >= 0.3 is 0 Å². The van der Waals surface area contributed by atoms with E-state index in [1.807, 2.05) is 31.2 Å². The van der Waals surface area contributed by atoms with Crippen molar-refractivity contribution in [2.75, 3.05) is 6.54 Å². The van der Waals surface area contributed by atoms with Crippen LogP contribution in [0.2, 0.25) is 0 Å². The highest BCUT2D eigenvalue weighted by Crippen LogP contribution is 2.24. The summed E-state index contributed by atoms with van der Waals surface area (Å²) in [6.07, 6.45) is -0.636. The fourth-order valence-electron chi connectivity index (χ4n) is 2.24. The molecule has 0 fully saturated rings. The molecule has 0 aliphatic rings. The molecule has 4 heteroatoms. The van der Waals surface area contributed by atoms with Crippen molar-refractivity contribution >= 4 is 0 Å². The molecule has 0 saturated carbocycles. The van der Waals surface area contributed by atoms with Gasteiger partial charge in [0, 0.05) is 17.6 Å². The lowest BCUT2D eigenvalue weighted by atomic mass is 10.0. The first kappa shape index (κ1) is 18.3. The Morgan fingerprint density at radius 3 is 2.38 bits per heavy atom. The average molecular weight is 329 g/mol. The molecule has 0 aliphatic carbocycles. The van der Waals surface area contributed by atoms with Crippen molar-refractivity contribution in [3.8, 4) is 11.5 Å². The second kappa shape index (κ2) is 7.69. The molecule has 0 amide bonds. The van der Waals surface area contributed by atoms with Crippen molar-refractivity contribution in [2.45, 2.75) is 45.9 Å². The van der Waals surface area contributed by atoms with Crippen LogP contribution >= 0.6 is 0 Å². The number of phenols is 1.